The number of nitrogens with zero attached hydrogens (tertiary/aromatic N) is 5. The van der Waals surface area contributed by atoms with E-state index in [9.17, 15) is 0 Å². The summed E-state index contributed by atoms with van der Waals surface area (Å²) >= 11 is 0. The van der Waals surface area contributed by atoms with Crippen molar-refractivity contribution in [2.75, 3.05) is 18.6 Å². The number of fused-ring (bicyclic) bond motifs is 7. The Kier molecular flexibility index (Phi) is 6.74. The molecule has 7 aromatic carbocycles. The van der Waals surface area contributed by atoms with Crippen molar-refractivity contribution in [3.05, 3.63) is 175 Å². The molecule has 5 nitrogen and oxygen atoms in total. The van der Waals surface area contributed by atoms with Crippen molar-refractivity contribution in [1.82, 2.24) is 19.0 Å². The van der Waals surface area contributed by atoms with Crippen molar-refractivity contribution < 1.29 is 0 Å². The Morgan fingerprint density at radius 3 is 2.11 bits per heavy atom. The highest BCUT2D eigenvalue weighted by Gasteiger charge is 2.21. The number of aryl methyl sites for hydroxylation is 1. The van der Waals surface area contributed by atoms with Gasteiger partial charge in [-0.15, -0.1) is 0 Å². The number of anilines is 1. The standard InChI is InChI=1S/C49H37N5/c1-51-23-24-53(31-51)39-12-8-13-40(30-39)54-46-22-18-34(32-9-4-3-5-10-32)27-44(46)43-20-16-37(29-47(43)54)49-50-45-21-17-35(28-48(45)52(49)2)33-15-19-42-38(25-33)26-36-11-6-7-14-41(36)42/h3-25,27-30H,26,31H2,1-2H3. The first-order chi connectivity index (χ1) is 26.6. The minimum atomic E-state index is 0.830. The Morgan fingerprint density at radius 2 is 1.22 bits per heavy atom. The molecule has 0 amide bonds. The van der Waals surface area contributed by atoms with Crippen LogP contribution in [-0.4, -0.2) is 32.7 Å². The summed E-state index contributed by atoms with van der Waals surface area (Å²) in [5.74, 6) is 0.953. The van der Waals surface area contributed by atoms with Gasteiger partial charge >= 0.3 is 0 Å². The van der Waals surface area contributed by atoms with Gasteiger partial charge in [-0.1, -0.05) is 103 Å². The maximum Gasteiger partial charge on any atom is 0.140 e. The Labute approximate surface area is 314 Å². The molecule has 9 aromatic rings. The third kappa shape index (κ3) is 4.82. The molecule has 2 aromatic heterocycles. The van der Waals surface area contributed by atoms with Crippen LogP contribution in [0.25, 0.3) is 83.3 Å². The number of hydrogen-bond acceptors (Lipinski definition) is 3. The monoisotopic (exact) mass is 695 g/mol. The van der Waals surface area contributed by atoms with Crippen molar-refractivity contribution >= 4 is 38.5 Å². The molecule has 0 unspecified atom stereocenters. The van der Waals surface area contributed by atoms with E-state index in [4.69, 9.17) is 4.98 Å². The molecule has 0 N–H and O–H groups in total. The molecule has 54 heavy (non-hydrogen) atoms. The molecule has 258 valence electrons. The predicted octanol–water partition coefficient (Wildman–Crippen LogP) is 11.4. The zero-order valence-electron chi connectivity index (χ0n) is 30.2. The molecule has 0 saturated carbocycles. The van der Waals surface area contributed by atoms with Gasteiger partial charge in [-0.3, -0.25) is 0 Å². The molecule has 2 aliphatic rings. The molecule has 0 saturated heterocycles. The molecule has 3 heterocycles. The van der Waals surface area contributed by atoms with E-state index < -0.39 is 0 Å². The first-order valence-electron chi connectivity index (χ1n) is 18.6. The van der Waals surface area contributed by atoms with Gasteiger partial charge in [-0.25, -0.2) is 4.98 Å². The second-order valence-corrected chi connectivity index (χ2v) is 14.8. The molecule has 0 atom stereocenters. The molecular weight excluding hydrogens is 659 g/mol. The summed E-state index contributed by atoms with van der Waals surface area (Å²) < 4.78 is 4.67. The van der Waals surface area contributed by atoms with E-state index in [-0.39, 0.29) is 0 Å². The Hall–Kier alpha value is -6.85. The lowest BCUT2D eigenvalue weighted by atomic mass is 9.99. The van der Waals surface area contributed by atoms with E-state index in [0.29, 0.717) is 0 Å². The minimum absolute atomic E-state index is 0.830. The van der Waals surface area contributed by atoms with Crippen LogP contribution in [0, 0.1) is 0 Å². The number of hydrogen-bond donors (Lipinski definition) is 0. The smallest absolute Gasteiger partial charge is 0.140 e. The van der Waals surface area contributed by atoms with E-state index in [1.165, 1.54) is 66.5 Å². The second kappa shape index (κ2) is 11.8. The molecule has 5 heteroatoms. The van der Waals surface area contributed by atoms with Gasteiger partial charge in [0.1, 0.15) is 5.82 Å². The lowest BCUT2D eigenvalue weighted by molar-refractivity contribution is 0.496. The molecule has 1 aliphatic carbocycles. The normalized spacial score (nSPS) is 13.4. The number of imidazole rings is 1. The van der Waals surface area contributed by atoms with Gasteiger partial charge in [0.2, 0.25) is 0 Å². The Balaban J connectivity index is 1.04. The molecule has 11 rings (SSSR count). The summed E-state index contributed by atoms with van der Waals surface area (Å²) in [6.45, 7) is 0.830. The van der Waals surface area contributed by atoms with Gasteiger partial charge in [0.15, 0.2) is 0 Å². The van der Waals surface area contributed by atoms with Crippen LogP contribution in [-0.2, 0) is 13.5 Å². The van der Waals surface area contributed by atoms with E-state index in [0.717, 1.165) is 46.7 Å². The first-order valence-corrected chi connectivity index (χ1v) is 18.6. The minimum Gasteiger partial charge on any atom is -0.361 e. The van der Waals surface area contributed by atoms with Crippen LogP contribution in [0.2, 0.25) is 0 Å². The summed E-state index contributed by atoms with van der Waals surface area (Å²) in [4.78, 5) is 9.70. The molecule has 0 spiro atoms. The highest BCUT2D eigenvalue weighted by atomic mass is 15.3. The fourth-order valence-corrected chi connectivity index (χ4v) is 8.71. The summed E-state index contributed by atoms with van der Waals surface area (Å²) in [6.07, 6.45) is 5.26. The van der Waals surface area contributed by atoms with Gasteiger partial charge in [0, 0.05) is 54.2 Å². The van der Waals surface area contributed by atoms with Gasteiger partial charge < -0.3 is 18.9 Å². The van der Waals surface area contributed by atoms with Crippen molar-refractivity contribution in [2.24, 2.45) is 7.05 Å². The predicted molar refractivity (Wildman–Crippen MR) is 224 cm³/mol. The summed E-state index contributed by atoms with van der Waals surface area (Å²) in [6, 6.07) is 55.6. The molecule has 0 fully saturated rings. The number of rotatable bonds is 5. The third-order valence-corrected chi connectivity index (χ3v) is 11.4. The van der Waals surface area contributed by atoms with Gasteiger partial charge in [0.05, 0.1) is 28.7 Å². The number of aromatic nitrogens is 3. The van der Waals surface area contributed by atoms with Crippen molar-refractivity contribution in [1.29, 1.82) is 0 Å². The maximum atomic E-state index is 5.23. The lowest BCUT2D eigenvalue weighted by Gasteiger charge is -2.19. The van der Waals surface area contributed by atoms with Crippen LogP contribution in [0.5, 0.6) is 0 Å². The van der Waals surface area contributed by atoms with E-state index in [1.807, 2.05) is 0 Å². The maximum absolute atomic E-state index is 5.23. The summed E-state index contributed by atoms with van der Waals surface area (Å²) in [5, 5.41) is 2.45. The second-order valence-electron chi connectivity index (χ2n) is 14.8. The first kappa shape index (κ1) is 30.7. The fourth-order valence-electron chi connectivity index (χ4n) is 8.71. The number of benzene rings is 7. The van der Waals surface area contributed by atoms with Gasteiger partial charge in [-0.05, 0) is 99.5 Å². The van der Waals surface area contributed by atoms with Crippen molar-refractivity contribution in [3.63, 3.8) is 0 Å². The van der Waals surface area contributed by atoms with E-state index in [1.54, 1.807) is 0 Å². The largest absolute Gasteiger partial charge is 0.361 e. The average molecular weight is 696 g/mol. The fraction of sp³-hybridized carbons (Fsp3) is 0.0816. The van der Waals surface area contributed by atoms with Gasteiger partial charge in [-0.2, -0.15) is 0 Å². The average Bonchev–Trinajstić information content (AvgIpc) is 3.99. The topological polar surface area (TPSA) is 29.2 Å². The van der Waals surface area contributed by atoms with Crippen LogP contribution < -0.4 is 4.90 Å². The zero-order valence-corrected chi connectivity index (χ0v) is 30.2. The molecule has 1 aliphatic heterocycles. The lowest BCUT2D eigenvalue weighted by Crippen LogP contribution is -2.21. The molecule has 0 bridgehead atoms. The van der Waals surface area contributed by atoms with Crippen LogP contribution in [0.4, 0.5) is 5.69 Å². The van der Waals surface area contributed by atoms with E-state index in [2.05, 4.69) is 197 Å². The third-order valence-electron chi connectivity index (χ3n) is 11.4. The highest BCUT2D eigenvalue weighted by Crippen LogP contribution is 2.41. The quantitative estimate of drug-likeness (QED) is 0.179. The summed E-state index contributed by atoms with van der Waals surface area (Å²) in [7, 11) is 4.25. The SMILES string of the molecule is CN1C=CN(c2cccc(-n3c4ccc(-c5ccccc5)cc4c4ccc(-c5nc6ccc(-c7ccc8c(c7)Cc7ccccc7-8)cc6n5C)cc43)c2)C1. The molecular formula is C49H37N5. The van der Waals surface area contributed by atoms with Gasteiger partial charge in [0.25, 0.3) is 0 Å². The van der Waals surface area contributed by atoms with Crippen LogP contribution in [0.15, 0.2) is 164 Å². The Morgan fingerprint density at radius 1 is 0.481 bits per heavy atom. The summed E-state index contributed by atoms with van der Waals surface area (Å²) in [5.41, 5.74) is 18.2. The molecule has 0 radical (unpaired) electrons. The zero-order chi connectivity index (χ0) is 35.9. The van der Waals surface area contributed by atoms with E-state index >= 15 is 0 Å². The van der Waals surface area contributed by atoms with Crippen molar-refractivity contribution in [2.45, 2.75) is 6.42 Å². The van der Waals surface area contributed by atoms with Crippen molar-refractivity contribution in [3.8, 4) is 50.5 Å². The van der Waals surface area contributed by atoms with Crippen LogP contribution in [0.3, 0.4) is 0 Å². The highest BCUT2D eigenvalue weighted by molar-refractivity contribution is 6.11. The van der Waals surface area contributed by atoms with Crippen LogP contribution in [0.1, 0.15) is 11.1 Å². The Bertz CT molecular complexity index is 2980. The van der Waals surface area contributed by atoms with Crippen LogP contribution >= 0.6 is 0 Å².